The van der Waals surface area contributed by atoms with Gasteiger partial charge >= 0.3 is 5.97 Å². The lowest BCUT2D eigenvalue weighted by Crippen LogP contribution is -2.24. The van der Waals surface area contributed by atoms with E-state index in [0.717, 1.165) is 58.3 Å². The number of benzene rings is 2. The van der Waals surface area contributed by atoms with E-state index < -0.39 is 17.6 Å². The number of rotatable bonds is 5. The Labute approximate surface area is 195 Å². The number of fused-ring (bicyclic) bond motifs is 1. The first-order valence-electron chi connectivity index (χ1n) is 11.4. The topological polar surface area (TPSA) is 81.2 Å². The predicted octanol–water partition coefficient (Wildman–Crippen LogP) is 5.99. The minimum atomic E-state index is -0.886. The van der Waals surface area contributed by atoms with Crippen molar-refractivity contribution >= 4 is 17.0 Å². The van der Waals surface area contributed by atoms with E-state index in [1.165, 1.54) is 6.07 Å². The Bertz CT molecular complexity index is 1360. The molecule has 34 heavy (non-hydrogen) atoms. The number of hydrogen-bond acceptors (Lipinski definition) is 4. The van der Waals surface area contributed by atoms with Crippen molar-refractivity contribution in [3.05, 3.63) is 70.9 Å². The number of halogens is 2. The first-order chi connectivity index (χ1) is 16.3. The number of aryl methyl sites for hydroxylation is 2. The van der Waals surface area contributed by atoms with Crippen molar-refractivity contribution in [1.82, 2.24) is 14.7 Å². The molecule has 0 radical (unpaired) electrons. The number of carboxylic acids is 1. The van der Waals surface area contributed by atoms with Gasteiger partial charge in [0.1, 0.15) is 11.6 Å². The molecule has 176 valence electrons. The van der Waals surface area contributed by atoms with Gasteiger partial charge in [-0.15, -0.1) is 0 Å². The summed E-state index contributed by atoms with van der Waals surface area (Å²) in [4.78, 5) is 16.3. The van der Waals surface area contributed by atoms with Gasteiger partial charge < -0.3 is 14.2 Å². The zero-order valence-corrected chi connectivity index (χ0v) is 19.0. The number of aliphatic carboxylic acids is 1. The lowest BCUT2D eigenvalue weighted by molar-refractivity contribution is -0.143. The fourth-order valence-corrected chi connectivity index (χ4v) is 5.14. The van der Waals surface area contributed by atoms with Gasteiger partial charge in [0.05, 0.1) is 22.6 Å². The Balaban J connectivity index is 1.58. The molecule has 0 aliphatic heterocycles. The van der Waals surface area contributed by atoms with Crippen LogP contribution in [0.2, 0.25) is 0 Å². The van der Waals surface area contributed by atoms with Crippen LogP contribution in [-0.4, -0.2) is 25.8 Å². The number of carboxylic acid groups (broad SMARTS) is 1. The van der Waals surface area contributed by atoms with Gasteiger partial charge in [0.2, 0.25) is 0 Å². The van der Waals surface area contributed by atoms with E-state index in [4.69, 9.17) is 9.51 Å². The highest BCUT2D eigenvalue weighted by atomic mass is 19.2. The van der Waals surface area contributed by atoms with E-state index in [9.17, 15) is 18.7 Å². The zero-order chi connectivity index (χ0) is 24.0. The highest BCUT2D eigenvalue weighted by Gasteiger charge is 2.29. The van der Waals surface area contributed by atoms with Crippen LogP contribution in [0.5, 0.6) is 0 Å². The van der Waals surface area contributed by atoms with E-state index in [-0.39, 0.29) is 12.0 Å². The van der Waals surface area contributed by atoms with Gasteiger partial charge in [-0.3, -0.25) is 4.79 Å². The molecule has 5 rings (SSSR count). The quantitative estimate of drug-likeness (QED) is 0.391. The van der Waals surface area contributed by atoms with E-state index in [1.807, 2.05) is 32.0 Å². The summed E-state index contributed by atoms with van der Waals surface area (Å²) in [6.07, 6.45) is 2.98. The Morgan fingerprint density at radius 3 is 2.50 bits per heavy atom. The molecule has 0 amide bonds. The largest absolute Gasteiger partial charge is 0.481 e. The Kier molecular flexibility index (Phi) is 5.67. The van der Waals surface area contributed by atoms with E-state index >= 15 is 0 Å². The molecule has 2 heterocycles. The molecule has 2 aromatic heterocycles. The number of nitrogens with zero attached hydrogens (tertiary/aromatic N) is 3. The molecular weight excluding hydrogens is 440 g/mol. The fraction of sp³-hybridized carbons (Fsp3) is 0.346. The summed E-state index contributed by atoms with van der Waals surface area (Å²) in [6.45, 7) is 3.76. The standard InChI is InChI=1S/C26H25F2N3O3/c1-14-25(15(2)34-30-14)18-6-10-23-22(13-18)29-24(12-16-3-9-20(27)21(28)11-16)31(23)19-7-4-17(5-8-19)26(32)33/h3,6,9-11,13,17,19H,4-5,7-8,12H2,1-2H3,(H,32,33). The molecule has 4 aromatic rings. The SMILES string of the molecule is Cc1noc(C)c1-c1ccc2c(c1)nc(Cc1ccc(F)c(F)c1)n2C1CCC(C(=O)O)CC1. The number of carbonyl (C=O) groups is 1. The fourth-order valence-electron chi connectivity index (χ4n) is 5.14. The first-order valence-corrected chi connectivity index (χ1v) is 11.4. The third kappa shape index (κ3) is 3.97. The van der Waals surface area contributed by atoms with Gasteiger partial charge in [-0.2, -0.15) is 0 Å². The van der Waals surface area contributed by atoms with Crippen LogP contribution in [0.1, 0.15) is 54.6 Å². The Morgan fingerprint density at radius 1 is 1.09 bits per heavy atom. The smallest absolute Gasteiger partial charge is 0.306 e. The molecule has 1 saturated carbocycles. The third-order valence-corrected chi connectivity index (χ3v) is 6.84. The average Bonchev–Trinajstić information content (AvgIpc) is 3.34. The second kappa shape index (κ2) is 8.66. The van der Waals surface area contributed by atoms with Crippen LogP contribution < -0.4 is 0 Å². The van der Waals surface area contributed by atoms with Crippen molar-refractivity contribution in [2.24, 2.45) is 5.92 Å². The molecular formula is C26H25F2N3O3. The van der Waals surface area contributed by atoms with Gasteiger partial charge in [-0.05, 0) is 74.9 Å². The summed E-state index contributed by atoms with van der Waals surface area (Å²) in [7, 11) is 0. The van der Waals surface area contributed by atoms with Crippen LogP contribution in [0.15, 0.2) is 40.9 Å². The number of hydrogen-bond donors (Lipinski definition) is 1. The predicted molar refractivity (Wildman–Crippen MR) is 122 cm³/mol. The lowest BCUT2D eigenvalue weighted by atomic mass is 9.86. The summed E-state index contributed by atoms with van der Waals surface area (Å²) in [5, 5.41) is 13.4. The molecule has 6 nitrogen and oxygen atoms in total. The maximum absolute atomic E-state index is 13.9. The van der Waals surface area contributed by atoms with Gasteiger partial charge in [-0.1, -0.05) is 17.3 Å². The molecule has 8 heteroatoms. The van der Waals surface area contributed by atoms with Crippen LogP contribution in [0, 0.1) is 31.4 Å². The first kappa shape index (κ1) is 22.3. The summed E-state index contributed by atoms with van der Waals surface area (Å²) in [5.74, 6) is -1.37. The molecule has 2 aromatic carbocycles. The maximum atomic E-state index is 13.9. The second-order valence-electron chi connectivity index (χ2n) is 9.07. The van der Waals surface area contributed by atoms with Crippen molar-refractivity contribution in [1.29, 1.82) is 0 Å². The van der Waals surface area contributed by atoms with Crippen molar-refractivity contribution in [2.45, 2.75) is 52.0 Å². The minimum Gasteiger partial charge on any atom is -0.481 e. The molecule has 0 bridgehead atoms. The van der Waals surface area contributed by atoms with Gasteiger partial charge in [0.15, 0.2) is 11.6 Å². The number of aromatic nitrogens is 3. The van der Waals surface area contributed by atoms with E-state index in [2.05, 4.69) is 9.72 Å². The molecule has 1 N–H and O–H groups in total. The van der Waals surface area contributed by atoms with Gasteiger partial charge in [0.25, 0.3) is 0 Å². The van der Waals surface area contributed by atoms with Crippen LogP contribution in [0.3, 0.4) is 0 Å². The summed E-state index contributed by atoms with van der Waals surface area (Å²) in [5.41, 5.74) is 5.02. The van der Waals surface area contributed by atoms with Crippen molar-refractivity contribution < 1.29 is 23.2 Å². The minimum absolute atomic E-state index is 0.0887. The van der Waals surface area contributed by atoms with Crippen molar-refractivity contribution in [2.75, 3.05) is 0 Å². The molecule has 0 atom stereocenters. The average molecular weight is 466 g/mol. The van der Waals surface area contributed by atoms with Gasteiger partial charge in [-0.25, -0.2) is 13.8 Å². The van der Waals surface area contributed by atoms with Crippen LogP contribution >= 0.6 is 0 Å². The van der Waals surface area contributed by atoms with Crippen molar-refractivity contribution in [3.8, 4) is 11.1 Å². The Hall–Kier alpha value is -3.55. The lowest BCUT2D eigenvalue weighted by Gasteiger charge is -2.29. The highest BCUT2D eigenvalue weighted by Crippen LogP contribution is 2.37. The molecule has 1 aliphatic carbocycles. The molecule has 0 unspecified atom stereocenters. The van der Waals surface area contributed by atoms with Crippen molar-refractivity contribution in [3.63, 3.8) is 0 Å². The van der Waals surface area contributed by atoms with Crippen LogP contribution in [0.25, 0.3) is 22.2 Å². The van der Waals surface area contributed by atoms with Crippen LogP contribution in [-0.2, 0) is 11.2 Å². The molecule has 1 fully saturated rings. The third-order valence-electron chi connectivity index (χ3n) is 6.84. The molecule has 1 aliphatic rings. The summed E-state index contributed by atoms with van der Waals surface area (Å²) < 4.78 is 34.8. The van der Waals surface area contributed by atoms with Crippen LogP contribution in [0.4, 0.5) is 8.78 Å². The molecule has 0 saturated heterocycles. The Morgan fingerprint density at radius 2 is 1.85 bits per heavy atom. The monoisotopic (exact) mass is 465 g/mol. The summed E-state index contributed by atoms with van der Waals surface area (Å²) in [6, 6.07) is 10.0. The van der Waals surface area contributed by atoms with E-state index in [0.29, 0.717) is 24.8 Å². The van der Waals surface area contributed by atoms with E-state index in [1.54, 1.807) is 6.07 Å². The summed E-state index contributed by atoms with van der Waals surface area (Å²) >= 11 is 0. The second-order valence-corrected chi connectivity index (χ2v) is 9.07. The number of imidazole rings is 1. The highest BCUT2D eigenvalue weighted by molar-refractivity contribution is 5.84. The normalized spacial score (nSPS) is 18.5. The molecule has 0 spiro atoms. The van der Waals surface area contributed by atoms with Gasteiger partial charge in [0, 0.05) is 18.0 Å². The zero-order valence-electron chi connectivity index (χ0n) is 19.0. The maximum Gasteiger partial charge on any atom is 0.306 e.